The van der Waals surface area contributed by atoms with E-state index in [9.17, 15) is 8.42 Å². The van der Waals surface area contributed by atoms with Gasteiger partial charge in [-0.25, -0.2) is 13.6 Å². The van der Waals surface area contributed by atoms with Crippen LogP contribution < -0.4 is 5.14 Å². The van der Waals surface area contributed by atoms with Crippen LogP contribution in [0.1, 0.15) is 28.8 Å². The van der Waals surface area contributed by atoms with E-state index in [0.717, 1.165) is 30.5 Å². The summed E-state index contributed by atoms with van der Waals surface area (Å²) in [6.07, 6.45) is 4.61. The number of primary sulfonamides is 1. The topological polar surface area (TPSA) is 78.0 Å². The molecule has 0 aliphatic heterocycles. The fraction of sp³-hybridized carbons (Fsp3) is 0.190. The first kappa shape index (κ1) is 18.9. The molecular formula is C21H21N3O2S. The molecule has 3 rings (SSSR count). The van der Waals surface area contributed by atoms with E-state index in [2.05, 4.69) is 29.1 Å². The van der Waals surface area contributed by atoms with Crippen molar-refractivity contribution < 1.29 is 8.42 Å². The third kappa shape index (κ3) is 5.07. The highest BCUT2D eigenvalue weighted by atomic mass is 32.2. The first-order valence-electron chi connectivity index (χ1n) is 8.63. The Morgan fingerprint density at radius 1 is 1.04 bits per heavy atom. The third-order valence-electron chi connectivity index (χ3n) is 4.29. The Labute approximate surface area is 159 Å². The van der Waals surface area contributed by atoms with Crippen LogP contribution in [0.25, 0.3) is 0 Å². The van der Waals surface area contributed by atoms with Crippen LogP contribution in [0.3, 0.4) is 0 Å². The van der Waals surface area contributed by atoms with E-state index < -0.39 is 10.0 Å². The predicted molar refractivity (Wildman–Crippen MR) is 105 cm³/mol. The fourth-order valence-electron chi connectivity index (χ4n) is 2.86. The molecule has 3 aromatic rings. The molecule has 0 atom stereocenters. The van der Waals surface area contributed by atoms with Crippen LogP contribution in [-0.2, 0) is 29.9 Å². The maximum Gasteiger partial charge on any atom is 0.238 e. The van der Waals surface area contributed by atoms with Gasteiger partial charge in [0, 0.05) is 12.6 Å². The van der Waals surface area contributed by atoms with Crippen LogP contribution in [-0.4, -0.2) is 18.2 Å². The molecule has 0 saturated carbocycles. The summed E-state index contributed by atoms with van der Waals surface area (Å²) in [7, 11) is -1.83. The summed E-state index contributed by atoms with van der Waals surface area (Å²) in [5.74, 6) is 6.12. The SMILES string of the molecule is Cn1ncc(C#Cc2cccc(S(N)(=O)=O)c2)c1CCCc1ccccc1. The van der Waals surface area contributed by atoms with Crippen molar-refractivity contribution in [2.24, 2.45) is 12.2 Å². The van der Waals surface area contributed by atoms with Gasteiger partial charge in [-0.1, -0.05) is 48.2 Å². The molecule has 0 bridgehead atoms. The molecule has 2 aromatic carbocycles. The lowest BCUT2D eigenvalue weighted by Gasteiger charge is -2.04. The summed E-state index contributed by atoms with van der Waals surface area (Å²) in [4.78, 5) is 0.0589. The van der Waals surface area contributed by atoms with E-state index in [1.165, 1.54) is 17.7 Å². The summed E-state index contributed by atoms with van der Waals surface area (Å²) in [5.41, 5.74) is 3.83. The van der Waals surface area contributed by atoms with Crippen molar-refractivity contribution >= 4 is 10.0 Å². The number of sulfonamides is 1. The molecule has 1 heterocycles. The van der Waals surface area contributed by atoms with Gasteiger partial charge in [0.1, 0.15) is 0 Å². The first-order chi connectivity index (χ1) is 12.9. The van der Waals surface area contributed by atoms with Gasteiger partial charge in [-0.2, -0.15) is 5.10 Å². The van der Waals surface area contributed by atoms with E-state index in [1.54, 1.807) is 18.3 Å². The Bertz CT molecular complexity index is 1090. The van der Waals surface area contributed by atoms with Crippen molar-refractivity contribution in [3.63, 3.8) is 0 Å². The van der Waals surface area contributed by atoms with Crippen LogP contribution in [0.15, 0.2) is 65.7 Å². The first-order valence-corrected chi connectivity index (χ1v) is 10.2. The largest absolute Gasteiger partial charge is 0.271 e. The van der Waals surface area contributed by atoms with E-state index in [0.29, 0.717) is 5.56 Å². The molecule has 2 N–H and O–H groups in total. The van der Waals surface area contributed by atoms with Gasteiger partial charge in [-0.15, -0.1) is 0 Å². The van der Waals surface area contributed by atoms with Crippen molar-refractivity contribution in [1.82, 2.24) is 9.78 Å². The highest BCUT2D eigenvalue weighted by molar-refractivity contribution is 7.89. The highest BCUT2D eigenvalue weighted by Gasteiger charge is 2.08. The zero-order valence-electron chi connectivity index (χ0n) is 15.1. The standard InChI is InChI=1S/C21H21N3O2S/c1-24-21(12-6-9-17-7-3-2-4-8-17)19(16-23-24)14-13-18-10-5-11-20(15-18)27(22,25)26/h2-5,7-8,10-11,15-16H,6,9,12H2,1H3,(H2,22,25,26). The Morgan fingerprint density at radius 3 is 2.56 bits per heavy atom. The average molecular weight is 379 g/mol. The van der Waals surface area contributed by atoms with E-state index in [-0.39, 0.29) is 4.90 Å². The van der Waals surface area contributed by atoms with E-state index in [4.69, 9.17) is 5.14 Å². The monoisotopic (exact) mass is 379 g/mol. The van der Waals surface area contributed by atoms with Gasteiger partial charge < -0.3 is 0 Å². The summed E-state index contributed by atoms with van der Waals surface area (Å²) in [6.45, 7) is 0. The minimum Gasteiger partial charge on any atom is -0.271 e. The second-order valence-corrected chi connectivity index (χ2v) is 7.85. The minimum atomic E-state index is -3.73. The quantitative estimate of drug-likeness (QED) is 0.692. The van der Waals surface area contributed by atoms with Crippen molar-refractivity contribution in [2.75, 3.05) is 0 Å². The van der Waals surface area contributed by atoms with Gasteiger partial charge in [0.05, 0.1) is 22.3 Å². The zero-order chi connectivity index (χ0) is 19.3. The Morgan fingerprint density at radius 2 is 1.81 bits per heavy atom. The number of hydrogen-bond acceptors (Lipinski definition) is 3. The lowest BCUT2D eigenvalue weighted by Crippen LogP contribution is -2.11. The lowest BCUT2D eigenvalue weighted by molar-refractivity contribution is 0.598. The molecule has 0 amide bonds. The van der Waals surface area contributed by atoms with Gasteiger partial charge >= 0.3 is 0 Å². The maximum atomic E-state index is 11.5. The third-order valence-corrected chi connectivity index (χ3v) is 5.20. The molecule has 138 valence electrons. The number of aryl methyl sites for hydroxylation is 2. The van der Waals surface area contributed by atoms with Crippen molar-refractivity contribution in [3.05, 3.63) is 83.2 Å². The van der Waals surface area contributed by atoms with Gasteiger partial charge in [0.25, 0.3) is 0 Å². The molecule has 0 saturated heterocycles. The van der Waals surface area contributed by atoms with Crippen molar-refractivity contribution in [1.29, 1.82) is 0 Å². The summed E-state index contributed by atoms with van der Waals surface area (Å²) in [5, 5.41) is 9.48. The van der Waals surface area contributed by atoms with Crippen molar-refractivity contribution in [3.8, 4) is 11.8 Å². The number of rotatable bonds is 5. The summed E-state index contributed by atoms with van der Waals surface area (Å²) < 4.78 is 24.8. The van der Waals surface area contributed by atoms with E-state index in [1.807, 2.05) is 29.9 Å². The number of benzene rings is 2. The smallest absolute Gasteiger partial charge is 0.238 e. The molecule has 0 spiro atoms. The van der Waals surface area contributed by atoms with Gasteiger partial charge in [0.2, 0.25) is 10.0 Å². The zero-order valence-corrected chi connectivity index (χ0v) is 15.9. The molecule has 0 fully saturated rings. The molecule has 0 aliphatic rings. The second kappa shape index (κ2) is 8.21. The summed E-state index contributed by atoms with van der Waals surface area (Å²) in [6, 6.07) is 16.7. The maximum absolute atomic E-state index is 11.5. The summed E-state index contributed by atoms with van der Waals surface area (Å²) >= 11 is 0. The Balaban J connectivity index is 1.75. The predicted octanol–water partition coefficient (Wildman–Crippen LogP) is 2.64. The lowest BCUT2D eigenvalue weighted by atomic mass is 10.1. The molecular weight excluding hydrogens is 358 g/mol. The molecule has 0 unspecified atom stereocenters. The van der Waals surface area contributed by atoms with Gasteiger partial charge in [0.15, 0.2) is 0 Å². The number of nitrogens with zero attached hydrogens (tertiary/aromatic N) is 2. The molecule has 0 aliphatic carbocycles. The number of nitrogens with two attached hydrogens (primary N) is 1. The second-order valence-electron chi connectivity index (χ2n) is 6.29. The molecule has 1 aromatic heterocycles. The average Bonchev–Trinajstić information content (AvgIpc) is 3.00. The molecule has 6 heteroatoms. The van der Waals surface area contributed by atoms with Crippen LogP contribution in [0.2, 0.25) is 0 Å². The van der Waals surface area contributed by atoms with E-state index >= 15 is 0 Å². The number of hydrogen-bond donors (Lipinski definition) is 1. The molecule has 27 heavy (non-hydrogen) atoms. The normalized spacial score (nSPS) is 11.0. The van der Waals surface area contributed by atoms with Crippen LogP contribution >= 0.6 is 0 Å². The Kier molecular flexibility index (Phi) is 5.75. The molecule has 5 nitrogen and oxygen atoms in total. The Hall–Kier alpha value is -2.88. The molecule has 0 radical (unpaired) electrons. The highest BCUT2D eigenvalue weighted by Crippen LogP contribution is 2.13. The fourth-order valence-corrected chi connectivity index (χ4v) is 3.42. The van der Waals surface area contributed by atoms with Crippen LogP contribution in [0, 0.1) is 11.8 Å². The van der Waals surface area contributed by atoms with Crippen LogP contribution in [0.5, 0.6) is 0 Å². The van der Waals surface area contributed by atoms with Gasteiger partial charge in [-0.3, -0.25) is 4.68 Å². The minimum absolute atomic E-state index is 0.0589. The van der Waals surface area contributed by atoms with Crippen LogP contribution in [0.4, 0.5) is 0 Å². The van der Waals surface area contributed by atoms with Gasteiger partial charge in [-0.05, 0) is 43.0 Å². The van der Waals surface area contributed by atoms with Crippen molar-refractivity contribution in [2.45, 2.75) is 24.2 Å². The number of aromatic nitrogens is 2.